The predicted molar refractivity (Wildman–Crippen MR) is 112 cm³/mol. The van der Waals surface area contributed by atoms with Gasteiger partial charge in [-0.3, -0.25) is 9.59 Å². The molecule has 1 atom stereocenters. The summed E-state index contributed by atoms with van der Waals surface area (Å²) in [5.41, 5.74) is 1.20. The fraction of sp³-hybridized carbons (Fsp3) is 0.391. The number of benzene rings is 2. The molecular weight excluding hydrogens is 368 g/mol. The first-order chi connectivity index (χ1) is 14.1. The zero-order chi connectivity index (χ0) is 20.6. The third kappa shape index (κ3) is 5.15. The Labute approximate surface area is 171 Å². The largest absolute Gasteiger partial charge is 0.490 e. The second-order valence-electron chi connectivity index (χ2n) is 6.91. The molecule has 1 heterocycles. The van der Waals surface area contributed by atoms with Gasteiger partial charge in [-0.15, -0.1) is 0 Å². The Bertz CT molecular complexity index is 860. The fourth-order valence-electron chi connectivity index (χ4n) is 3.47. The Morgan fingerprint density at radius 1 is 1.03 bits per heavy atom. The third-order valence-corrected chi connectivity index (χ3v) is 4.89. The van der Waals surface area contributed by atoms with Gasteiger partial charge in [-0.25, -0.2) is 0 Å². The fourth-order valence-corrected chi connectivity index (χ4v) is 3.47. The van der Waals surface area contributed by atoms with E-state index >= 15 is 0 Å². The van der Waals surface area contributed by atoms with Crippen LogP contribution < -0.4 is 20.1 Å². The molecule has 2 aromatic carbocycles. The Morgan fingerprint density at radius 3 is 2.45 bits per heavy atom. The van der Waals surface area contributed by atoms with E-state index in [1.165, 1.54) is 0 Å². The van der Waals surface area contributed by atoms with E-state index in [1.54, 1.807) is 42.5 Å². The molecule has 0 spiro atoms. The first-order valence-corrected chi connectivity index (χ1v) is 10.2. The van der Waals surface area contributed by atoms with Crippen LogP contribution >= 0.6 is 0 Å². The van der Waals surface area contributed by atoms with Gasteiger partial charge < -0.3 is 20.1 Å². The minimum atomic E-state index is -0.237. The van der Waals surface area contributed by atoms with Gasteiger partial charge in [0, 0.05) is 23.7 Å². The predicted octanol–water partition coefficient (Wildman–Crippen LogP) is 3.20. The maximum absolute atomic E-state index is 13.2. The molecule has 0 bridgehead atoms. The molecule has 1 fully saturated rings. The number of ether oxygens (including phenoxy) is 2. The lowest BCUT2D eigenvalue weighted by Gasteiger charge is -2.14. The van der Waals surface area contributed by atoms with E-state index in [4.69, 9.17) is 9.47 Å². The van der Waals surface area contributed by atoms with Crippen molar-refractivity contribution in [2.24, 2.45) is 0 Å². The summed E-state index contributed by atoms with van der Waals surface area (Å²) >= 11 is 0. The molecule has 1 aliphatic heterocycles. The summed E-state index contributed by atoms with van der Waals surface area (Å²) in [6, 6.07) is 12.3. The summed E-state index contributed by atoms with van der Waals surface area (Å²) in [4.78, 5) is 25.9. The molecule has 6 nitrogen and oxygen atoms in total. The van der Waals surface area contributed by atoms with Crippen molar-refractivity contribution in [2.75, 3.05) is 26.3 Å². The number of amides is 1. The molecule has 154 valence electrons. The summed E-state index contributed by atoms with van der Waals surface area (Å²) in [7, 11) is 0. The molecule has 1 unspecified atom stereocenters. The van der Waals surface area contributed by atoms with Crippen LogP contribution in [0.1, 0.15) is 53.0 Å². The maximum Gasteiger partial charge on any atom is 0.252 e. The lowest BCUT2D eigenvalue weighted by Crippen LogP contribution is -2.37. The van der Waals surface area contributed by atoms with Gasteiger partial charge in [0.2, 0.25) is 0 Å². The smallest absolute Gasteiger partial charge is 0.252 e. The average Bonchev–Trinajstić information content (AvgIpc) is 3.27. The molecule has 0 aromatic heterocycles. The van der Waals surface area contributed by atoms with Crippen LogP contribution in [0, 0.1) is 0 Å². The summed E-state index contributed by atoms with van der Waals surface area (Å²) in [5, 5.41) is 6.30. The highest BCUT2D eigenvalue weighted by molar-refractivity contribution is 6.15. The number of nitrogens with one attached hydrogen (secondary N) is 2. The van der Waals surface area contributed by atoms with Crippen molar-refractivity contribution >= 4 is 11.7 Å². The van der Waals surface area contributed by atoms with E-state index < -0.39 is 0 Å². The molecule has 0 saturated carbocycles. The molecule has 2 N–H and O–H groups in total. The number of carbonyl (C=O) groups is 2. The van der Waals surface area contributed by atoms with Crippen molar-refractivity contribution in [1.29, 1.82) is 0 Å². The van der Waals surface area contributed by atoms with Gasteiger partial charge in [0.25, 0.3) is 5.91 Å². The Balaban J connectivity index is 1.82. The van der Waals surface area contributed by atoms with Crippen LogP contribution in [-0.2, 0) is 0 Å². The van der Waals surface area contributed by atoms with E-state index in [0.717, 1.165) is 19.4 Å². The molecule has 0 radical (unpaired) electrons. The van der Waals surface area contributed by atoms with E-state index in [-0.39, 0.29) is 11.7 Å². The van der Waals surface area contributed by atoms with Crippen molar-refractivity contribution in [3.63, 3.8) is 0 Å². The van der Waals surface area contributed by atoms with Gasteiger partial charge in [0.15, 0.2) is 17.3 Å². The van der Waals surface area contributed by atoms with Crippen molar-refractivity contribution in [3.8, 4) is 11.5 Å². The van der Waals surface area contributed by atoms with Crippen LogP contribution in [0.25, 0.3) is 0 Å². The molecule has 2 aromatic rings. The maximum atomic E-state index is 13.2. The number of carbonyl (C=O) groups excluding carboxylic acids is 2. The van der Waals surface area contributed by atoms with Crippen LogP contribution in [0.2, 0.25) is 0 Å². The third-order valence-electron chi connectivity index (χ3n) is 4.89. The summed E-state index contributed by atoms with van der Waals surface area (Å²) in [6.07, 6.45) is 2.17. The van der Waals surface area contributed by atoms with Crippen LogP contribution in [0.5, 0.6) is 11.5 Å². The molecule has 1 amide bonds. The van der Waals surface area contributed by atoms with Gasteiger partial charge in [0.1, 0.15) is 0 Å². The second-order valence-corrected chi connectivity index (χ2v) is 6.91. The minimum Gasteiger partial charge on any atom is -0.490 e. The van der Waals surface area contributed by atoms with Gasteiger partial charge >= 0.3 is 0 Å². The monoisotopic (exact) mass is 396 g/mol. The van der Waals surface area contributed by atoms with E-state index in [2.05, 4.69) is 10.6 Å². The summed E-state index contributed by atoms with van der Waals surface area (Å²) in [6.45, 7) is 6.28. The van der Waals surface area contributed by atoms with Gasteiger partial charge in [0.05, 0.1) is 18.8 Å². The SMILES string of the molecule is CCOc1ccc(C(=O)c2ccccc2C(=O)NCC2CCCN2)cc1OCC. The molecule has 1 aliphatic rings. The van der Waals surface area contributed by atoms with Crippen molar-refractivity contribution in [2.45, 2.75) is 32.7 Å². The number of hydrogen-bond donors (Lipinski definition) is 2. The zero-order valence-electron chi connectivity index (χ0n) is 17.0. The number of ketones is 1. The summed E-state index contributed by atoms with van der Waals surface area (Å²) < 4.78 is 11.2. The van der Waals surface area contributed by atoms with Crippen molar-refractivity contribution in [3.05, 3.63) is 59.2 Å². The summed E-state index contributed by atoms with van der Waals surface area (Å²) in [5.74, 6) is 0.660. The van der Waals surface area contributed by atoms with Crippen molar-refractivity contribution in [1.82, 2.24) is 10.6 Å². The van der Waals surface area contributed by atoms with E-state index in [9.17, 15) is 9.59 Å². The lowest BCUT2D eigenvalue weighted by molar-refractivity contribution is 0.0939. The lowest BCUT2D eigenvalue weighted by atomic mass is 9.97. The molecule has 1 saturated heterocycles. The van der Waals surface area contributed by atoms with Crippen LogP contribution in [0.3, 0.4) is 0 Å². The second kappa shape index (κ2) is 10.1. The molecular formula is C23H28N2O4. The Kier molecular flexibility index (Phi) is 7.25. The highest BCUT2D eigenvalue weighted by Crippen LogP contribution is 2.30. The minimum absolute atomic E-state index is 0.223. The van der Waals surface area contributed by atoms with Gasteiger partial charge in [-0.05, 0) is 57.5 Å². The zero-order valence-corrected chi connectivity index (χ0v) is 17.0. The molecule has 3 rings (SSSR count). The van der Waals surface area contributed by atoms with Crippen molar-refractivity contribution < 1.29 is 19.1 Å². The first kappa shape index (κ1) is 20.9. The van der Waals surface area contributed by atoms with Crippen LogP contribution in [-0.4, -0.2) is 44.0 Å². The topological polar surface area (TPSA) is 76.7 Å². The van der Waals surface area contributed by atoms with E-state index in [0.29, 0.717) is 54.0 Å². The molecule has 0 aliphatic carbocycles. The Hall–Kier alpha value is -2.86. The van der Waals surface area contributed by atoms with Gasteiger partial charge in [-0.2, -0.15) is 0 Å². The molecule has 29 heavy (non-hydrogen) atoms. The Morgan fingerprint density at radius 2 is 1.76 bits per heavy atom. The average molecular weight is 396 g/mol. The van der Waals surface area contributed by atoms with Crippen LogP contribution in [0.4, 0.5) is 0 Å². The quantitative estimate of drug-likeness (QED) is 0.637. The van der Waals surface area contributed by atoms with Crippen LogP contribution in [0.15, 0.2) is 42.5 Å². The first-order valence-electron chi connectivity index (χ1n) is 10.2. The van der Waals surface area contributed by atoms with Gasteiger partial charge in [-0.1, -0.05) is 18.2 Å². The standard InChI is InChI=1S/C23H28N2O4/c1-3-28-20-12-11-16(14-21(20)29-4-2)22(26)18-9-5-6-10-19(18)23(27)25-15-17-8-7-13-24-17/h5-6,9-12,14,17,24H,3-4,7-8,13,15H2,1-2H3,(H,25,27). The highest BCUT2D eigenvalue weighted by Gasteiger charge is 2.21. The highest BCUT2D eigenvalue weighted by atomic mass is 16.5. The normalized spacial score (nSPS) is 15.7. The van der Waals surface area contributed by atoms with E-state index in [1.807, 2.05) is 13.8 Å². The number of hydrogen-bond acceptors (Lipinski definition) is 5. The molecule has 6 heteroatoms. The number of rotatable bonds is 9.